The molecule has 3 aromatic carbocycles. The molecule has 3 aromatic rings. The van der Waals surface area contributed by atoms with Gasteiger partial charge in [0, 0.05) is 24.8 Å². The van der Waals surface area contributed by atoms with Gasteiger partial charge in [-0.2, -0.15) is 0 Å². The van der Waals surface area contributed by atoms with Gasteiger partial charge < -0.3 is 24.4 Å². The highest BCUT2D eigenvalue weighted by atomic mass is 32.1. The van der Waals surface area contributed by atoms with Crippen molar-refractivity contribution >= 4 is 23.0 Å². The summed E-state index contributed by atoms with van der Waals surface area (Å²) in [4.78, 5) is 2.14. The fourth-order valence-electron chi connectivity index (χ4n) is 3.13. The van der Waals surface area contributed by atoms with E-state index in [0.29, 0.717) is 18.2 Å². The normalized spacial score (nSPS) is 11.8. The Balaban J connectivity index is 1.52. The van der Waals surface area contributed by atoms with Crippen LogP contribution in [0.15, 0.2) is 72.8 Å². The largest absolute Gasteiger partial charge is 0.497 e. The highest BCUT2D eigenvalue weighted by Gasteiger charge is 2.16. The molecule has 148 valence electrons. The first kappa shape index (κ1) is 19.1. The molecule has 0 fully saturated rings. The van der Waals surface area contributed by atoms with Gasteiger partial charge in [-0.05, 0) is 47.6 Å². The van der Waals surface area contributed by atoms with E-state index >= 15 is 0 Å². The van der Waals surface area contributed by atoms with Gasteiger partial charge in [0.15, 0.2) is 16.6 Å². The number of ether oxygens (including phenoxy) is 3. The third kappa shape index (κ3) is 4.78. The minimum Gasteiger partial charge on any atom is -0.497 e. The Labute approximate surface area is 175 Å². The zero-order chi connectivity index (χ0) is 20.1. The van der Waals surface area contributed by atoms with Crippen LogP contribution in [0, 0.1) is 0 Å². The summed E-state index contributed by atoms with van der Waals surface area (Å²) in [6.45, 7) is 1.62. The molecule has 0 aromatic heterocycles. The molecule has 1 aliphatic rings. The maximum Gasteiger partial charge on any atom is 0.231 e. The van der Waals surface area contributed by atoms with Gasteiger partial charge in [0.2, 0.25) is 6.79 Å². The van der Waals surface area contributed by atoms with E-state index in [4.69, 9.17) is 26.4 Å². The topological polar surface area (TPSA) is 43.0 Å². The van der Waals surface area contributed by atoms with Crippen molar-refractivity contribution in [3.8, 4) is 17.2 Å². The summed E-state index contributed by atoms with van der Waals surface area (Å²) in [7, 11) is 1.67. The molecule has 6 heteroatoms. The van der Waals surface area contributed by atoms with Gasteiger partial charge in [0.1, 0.15) is 5.75 Å². The van der Waals surface area contributed by atoms with E-state index < -0.39 is 0 Å². The van der Waals surface area contributed by atoms with Crippen molar-refractivity contribution in [3.63, 3.8) is 0 Å². The van der Waals surface area contributed by atoms with Gasteiger partial charge in [-0.15, -0.1) is 0 Å². The SMILES string of the molecule is COc1ccc(CN(Cc2ccccc2)C(=S)Nc2ccc3c(c2)OCO3)cc1. The minimum absolute atomic E-state index is 0.251. The van der Waals surface area contributed by atoms with Crippen LogP contribution >= 0.6 is 12.2 Å². The van der Waals surface area contributed by atoms with E-state index in [1.165, 1.54) is 5.56 Å². The Hall–Kier alpha value is -3.25. The second-order valence-electron chi connectivity index (χ2n) is 6.69. The van der Waals surface area contributed by atoms with E-state index in [1.54, 1.807) is 7.11 Å². The smallest absolute Gasteiger partial charge is 0.231 e. The van der Waals surface area contributed by atoms with Crippen LogP contribution in [0.2, 0.25) is 0 Å². The summed E-state index contributed by atoms with van der Waals surface area (Å²) in [6, 6.07) is 24.1. The van der Waals surface area contributed by atoms with E-state index in [0.717, 1.165) is 28.5 Å². The molecule has 29 heavy (non-hydrogen) atoms. The molecule has 0 atom stereocenters. The van der Waals surface area contributed by atoms with Crippen molar-refractivity contribution in [2.75, 3.05) is 19.2 Å². The van der Waals surface area contributed by atoms with Crippen LogP contribution in [0.5, 0.6) is 17.2 Å². The lowest BCUT2D eigenvalue weighted by molar-refractivity contribution is 0.174. The summed E-state index contributed by atoms with van der Waals surface area (Å²) in [5, 5.41) is 3.97. The van der Waals surface area contributed by atoms with Gasteiger partial charge in [-0.1, -0.05) is 42.5 Å². The van der Waals surface area contributed by atoms with E-state index in [1.807, 2.05) is 48.5 Å². The number of nitrogens with zero attached hydrogens (tertiary/aromatic N) is 1. The van der Waals surface area contributed by atoms with Crippen LogP contribution in [0.3, 0.4) is 0 Å². The Morgan fingerprint density at radius 2 is 1.62 bits per heavy atom. The lowest BCUT2D eigenvalue weighted by Crippen LogP contribution is -2.33. The maximum atomic E-state index is 5.75. The van der Waals surface area contributed by atoms with Crippen LogP contribution in [-0.2, 0) is 13.1 Å². The fraction of sp³-hybridized carbons (Fsp3) is 0.174. The predicted molar refractivity (Wildman–Crippen MR) is 117 cm³/mol. The first-order valence-electron chi connectivity index (χ1n) is 9.34. The lowest BCUT2D eigenvalue weighted by Gasteiger charge is -2.26. The zero-order valence-electron chi connectivity index (χ0n) is 16.1. The molecule has 0 bridgehead atoms. The number of benzene rings is 3. The number of rotatable bonds is 6. The van der Waals surface area contributed by atoms with Crippen LogP contribution in [0.25, 0.3) is 0 Å². The zero-order valence-corrected chi connectivity index (χ0v) is 16.9. The molecule has 0 aliphatic carbocycles. The predicted octanol–water partition coefficient (Wildman–Crippen LogP) is 4.82. The third-order valence-electron chi connectivity index (χ3n) is 4.66. The number of methoxy groups -OCH3 is 1. The van der Waals surface area contributed by atoms with Crippen LogP contribution < -0.4 is 19.5 Å². The maximum absolute atomic E-state index is 5.75. The highest BCUT2D eigenvalue weighted by molar-refractivity contribution is 7.80. The number of hydrogen-bond acceptors (Lipinski definition) is 4. The minimum atomic E-state index is 0.251. The second-order valence-corrected chi connectivity index (χ2v) is 7.07. The van der Waals surface area contributed by atoms with Crippen molar-refractivity contribution in [1.82, 2.24) is 4.90 Å². The standard InChI is InChI=1S/C23H22N2O3S/c1-26-20-10-7-18(8-11-20)15-25(14-17-5-3-2-4-6-17)23(29)24-19-9-12-21-22(13-19)28-16-27-21/h2-13H,14-16H2,1H3,(H,24,29). The quantitative estimate of drug-likeness (QED) is 0.592. The van der Waals surface area contributed by atoms with Gasteiger partial charge in [-0.25, -0.2) is 0 Å². The Kier molecular flexibility index (Phi) is 5.81. The monoisotopic (exact) mass is 406 g/mol. The Bertz CT molecular complexity index is 977. The molecule has 1 heterocycles. The first-order chi connectivity index (χ1) is 14.2. The van der Waals surface area contributed by atoms with Gasteiger partial charge in [0.25, 0.3) is 0 Å². The molecule has 0 unspecified atom stereocenters. The summed E-state index contributed by atoms with van der Waals surface area (Å²) >= 11 is 5.75. The molecule has 0 saturated heterocycles. The molecule has 0 spiro atoms. The van der Waals surface area contributed by atoms with E-state index in [-0.39, 0.29) is 6.79 Å². The lowest BCUT2D eigenvalue weighted by atomic mass is 10.1. The van der Waals surface area contributed by atoms with Crippen molar-refractivity contribution in [1.29, 1.82) is 0 Å². The number of nitrogens with one attached hydrogen (secondary N) is 1. The molecular formula is C23H22N2O3S. The first-order valence-corrected chi connectivity index (χ1v) is 9.74. The molecule has 0 radical (unpaired) electrons. The molecule has 5 nitrogen and oxygen atoms in total. The van der Waals surface area contributed by atoms with Crippen molar-refractivity contribution in [2.45, 2.75) is 13.1 Å². The van der Waals surface area contributed by atoms with Gasteiger partial charge in [-0.3, -0.25) is 0 Å². The van der Waals surface area contributed by atoms with Crippen LogP contribution in [0.1, 0.15) is 11.1 Å². The number of anilines is 1. The number of fused-ring (bicyclic) bond motifs is 1. The second kappa shape index (κ2) is 8.84. The van der Waals surface area contributed by atoms with E-state index in [2.05, 4.69) is 34.5 Å². The molecule has 4 rings (SSSR count). The van der Waals surface area contributed by atoms with Crippen molar-refractivity contribution in [2.24, 2.45) is 0 Å². The van der Waals surface area contributed by atoms with Crippen molar-refractivity contribution in [3.05, 3.63) is 83.9 Å². The molecular weight excluding hydrogens is 384 g/mol. The Morgan fingerprint density at radius 1 is 0.931 bits per heavy atom. The number of hydrogen-bond donors (Lipinski definition) is 1. The van der Waals surface area contributed by atoms with Gasteiger partial charge in [0.05, 0.1) is 7.11 Å². The summed E-state index contributed by atoms with van der Waals surface area (Å²) < 4.78 is 16.1. The summed E-state index contributed by atoms with van der Waals surface area (Å²) in [5.41, 5.74) is 3.21. The molecule has 1 aliphatic heterocycles. The van der Waals surface area contributed by atoms with Crippen LogP contribution in [-0.4, -0.2) is 23.9 Å². The van der Waals surface area contributed by atoms with Crippen molar-refractivity contribution < 1.29 is 14.2 Å². The Morgan fingerprint density at radius 3 is 2.34 bits per heavy atom. The fourth-order valence-corrected chi connectivity index (χ4v) is 3.38. The third-order valence-corrected chi connectivity index (χ3v) is 5.02. The van der Waals surface area contributed by atoms with Crippen LogP contribution in [0.4, 0.5) is 5.69 Å². The van der Waals surface area contributed by atoms with Gasteiger partial charge >= 0.3 is 0 Å². The number of thiocarbonyl (C=S) groups is 1. The summed E-state index contributed by atoms with van der Waals surface area (Å²) in [6.07, 6.45) is 0. The highest BCUT2D eigenvalue weighted by Crippen LogP contribution is 2.34. The summed E-state index contributed by atoms with van der Waals surface area (Å²) in [5.74, 6) is 2.31. The average Bonchev–Trinajstić information content (AvgIpc) is 3.22. The molecule has 1 N–H and O–H groups in total. The molecule has 0 amide bonds. The van der Waals surface area contributed by atoms with E-state index in [9.17, 15) is 0 Å². The average molecular weight is 407 g/mol. The molecule has 0 saturated carbocycles.